The van der Waals surface area contributed by atoms with Crippen molar-refractivity contribution in [1.82, 2.24) is 25.0 Å². The SMILES string of the molecule is CC(=N)N1CCC(CC(Cc2nccs2)NC(=O)C2CC[C@H]3CN(C(=O)CCc4ccccc4)CC(=O)N23)CC1. The number of aryl methyl sites for hydroxylation is 1. The number of amides is 3. The highest BCUT2D eigenvalue weighted by Crippen LogP contribution is 2.30. The van der Waals surface area contributed by atoms with E-state index in [4.69, 9.17) is 5.41 Å². The largest absolute Gasteiger partial charge is 0.361 e. The second-order valence-electron chi connectivity index (χ2n) is 11.4. The molecule has 214 valence electrons. The first-order valence-electron chi connectivity index (χ1n) is 14.5. The summed E-state index contributed by atoms with van der Waals surface area (Å²) in [5.74, 6) is 0.869. The minimum atomic E-state index is -0.486. The number of fused-ring (bicyclic) bond motifs is 1. The average molecular weight is 565 g/mol. The van der Waals surface area contributed by atoms with Gasteiger partial charge in [-0.15, -0.1) is 11.3 Å². The first-order chi connectivity index (χ1) is 19.4. The molecule has 3 amide bonds. The van der Waals surface area contributed by atoms with E-state index in [1.165, 1.54) is 0 Å². The molecule has 0 spiro atoms. The highest BCUT2D eigenvalue weighted by molar-refractivity contribution is 7.09. The molecule has 3 atom stereocenters. The minimum absolute atomic E-state index is 0.00229. The normalized spacial score (nSPS) is 22.2. The number of likely N-dealkylation sites (tertiary alicyclic amines) is 1. The van der Waals surface area contributed by atoms with Crippen LogP contribution in [0.4, 0.5) is 0 Å². The third-order valence-electron chi connectivity index (χ3n) is 8.63. The fourth-order valence-corrected chi connectivity index (χ4v) is 7.16. The summed E-state index contributed by atoms with van der Waals surface area (Å²) in [6.45, 7) is 4.14. The predicted octanol–water partition coefficient (Wildman–Crippen LogP) is 3.10. The van der Waals surface area contributed by atoms with Crippen molar-refractivity contribution in [1.29, 1.82) is 5.41 Å². The van der Waals surface area contributed by atoms with Gasteiger partial charge in [-0.25, -0.2) is 4.98 Å². The van der Waals surface area contributed by atoms with Crippen LogP contribution < -0.4 is 5.32 Å². The van der Waals surface area contributed by atoms with Gasteiger partial charge in [-0.3, -0.25) is 19.8 Å². The number of carbonyl (C=O) groups is 3. The van der Waals surface area contributed by atoms with Crippen molar-refractivity contribution in [3.8, 4) is 0 Å². The van der Waals surface area contributed by atoms with E-state index in [1.54, 1.807) is 27.3 Å². The lowest BCUT2D eigenvalue weighted by atomic mass is 9.89. The summed E-state index contributed by atoms with van der Waals surface area (Å²) in [5.41, 5.74) is 1.11. The number of hydrogen-bond donors (Lipinski definition) is 2. The third kappa shape index (κ3) is 6.89. The van der Waals surface area contributed by atoms with Crippen molar-refractivity contribution in [3.63, 3.8) is 0 Å². The molecule has 9 nitrogen and oxygen atoms in total. The van der Waals surface area contributed by atoms with E-state index in [9.17, 15) is 14.4 Å². The monoisotopic (exact) mass is 564 g/mol. The zero-order valence-corrected chi connectivity index (χ0v) is 24.1. The third-order valence-corrected chi connectivity index (χ3v) is 9.43. The number of piperazine rings is 1. The molecular weight excluding hydrogens is 524 g/mol. The Labute approximate surface area is 240 Å². The molecule has 1 aromatic carbocycles. The second kappa shape index (κ2) is 12.9. The van der Waals surface area contributed by atoms with E-state index in [0.29, 0.717) is 44.0 Å². The molecule has 0 radical (unpaired) electrons. The first kappa shape index (κ1) is 28.3. The lowest BCUT2D eigenvalue weighted by molar-refractivity contribution is -0.151. The van der Waals surface area contributed by atoms with Crippen LogP contribution in [0.2, 0.25) is 0 Å². The number of hydrogen-bond acceptors (Lipinski definition) is 6. The number of nitrogens with zero attached hydrogens (tertiary/aromatic N) is 4. The highest BCUT2D eigenvalue weighted by atomic mass is 32.1. The van der Waals surface area contributed by atoms with Crippen LogP contribution >= 0.6 is 11.3 Å². The fraction of sp³-hybridized carbons (Fsp3) is 0.567. The lowest BCUT2D eigenvalue weighted by Gasteiger charge is -2.40. The number of thiazole rings is 1. The van der Waals surface area contributed by atoms with Gasteiger partial charge in [-0.05, 0) is 56.9 Å². The molecule has 0 bridgehead atoms. The molecule has 10 heteroatoms. The topological polar surface area (TPSA) is 110 Å². The Morgan fingerprint density at radius 1 is 1.12 bits per heavy atom. The maximum atomic E-state index is 13.6. The van der Waals surface area contributed by atoms with Gasteiger partial charge < -0.3 is 20.0 Å². The molecule has 0 saturated carbocycles. The molecule has 3 aliphatic heterocycles. The Morgan fingerprint density at radius 2 is 1.90 bits per heavy atom. The summed E-state index contributed by atoms with van der Waals surface area (Å²) < 4.78 is 0. The Balaban J connectivity index is 1.17. The van der Waals surface area contributed by atoms with Crippen LogP contribution in [0.25, 0.3) is 0 Å². The molecule has 3 saturated heterocycles. The van der Waals surface area contributed by atoms with Crippen molar-refractivity contribution < 1.29 is 14.4 Å². The van der Waals surface area contributed by atoms with E-state index in [0.717, 1.165) is 49.3 Å². The molecule has 1 aromatic heterocycles. The lowest BCUT2D eigenvalue weighted by Crippen LogP contribution is -2.60. The average Bonchev–Trinajstić information content (AvgIpc) is 3.63. The fourth-order valence-electron chi connectivity index (χ4n) is 6.47. The van der Waals surface area contributed by atoms with Gasteiger partial charge >= 0.3 is 0 Å². The number of carbonyl (C=O) groups excluding carboxylic acids is 3. The van der Waals surface area contributed by atoms with Crippen molar-refractivity contribution in [3.05, 3.63) is 52.5 Å². The first-order valence-corrected chi connectivity index (χ1v) is 15.4. The van der Waals surface area contributed by atoms with Crippen LogP contribution in [-0.4, -0.2) is 87.5 Å². The highest BCUT2D eigenvalue weighted by Gasteiger charge is 2.45. The van der Waals surface area contributed by atoms with Crippen molar-refractivity contribution in [2.24, 2.45) is 5.92 Å². The maximum absolute atomic E-state index is 13.6. The Bertz CT molecular complexity index is 1180. The summed E-state index contributed by atoms with van der Waals surface area (Å²) in [4.78, 5) is 49.8. The molecule has 3 aliphatic rings. The molecule has 0 aliphatic carbocycles. The summed E-state index contributed by atoms with van der Waals surface area (Å²) >= 11 is 1.60. The summed E-state index contributed by atoms with van der Waals surface area (Å²) in [6, 6.07) is 9.27. The summed E-state index contributed by atoms with van der Waals surface area (Å²) in [7, 11) is 0. The quantitative estimate of drug-likeness (QED) is 0.359. The van der Waals surface area contributed by atoms with E-state index in [1.807, 2.05) is 42.6 Å². The zero-order chi connectivity index (χ0) is 28.1. The zero-order valence-electron chi connectivity index (χ0n) is 23.3. The predicted molar refractivity (Wildman–Crippen MR) is 155 cm³/mol. The van der Waals surface area contributed by atoms with Gasteiger partial charge in [0.05, 0.1) is 23.4 Å². The molecule has 2 N–H and O–H groups in total. The number of aromatic nitrogens is 1. The number of benzene rings is 1. The van der Waals surface area contributed by atoms with Crippen LogP contribution in [0.15, 0.2) is 41.9 Å². The van der Waals surface area contributed by atoms with Crippen LogP contribution in [0.1, 0.15) is 56.0 Å². The number of rotatable bonds is 9. The van der Waals surface area contributed by atoms with Gasteiger partial charge in [0.1, 0.15) is 6.04 Å². The van der Waals surface area contributed by atoms with E-state index in [-0.39, 0.29) is 36.3 Å². The van der Waals surface area contributed by atoms with Gasteiger partial charge in [0.15, 0.2) is 0 Å². The molecule has 2 unspecified atom stereocenters. The number of piperidine rings is 1. The van der Waals surface area contributed by atoms with Crippen molar-refractivity contribution >= 4 is 34.9 Å². The molecule has 4 heterocycles. The van der Waals surface area contributed by atoms with E-state index >= 15 is 0 Å². The second-order valence-corrected chi connectivity index (χ2v) is 12.4. The minimum Gasteiger partial charge on any atom is -0.361 e. The van der Waals surface area contributed by atoms with Gasteiger partial charge in [-0.1, -0.05) is 30.3 Å². The van der Waals surface area contributed by atoms with E-state index in [2.05, 4.69) is 15.2 Å². The summed E-state index contributed by atoms with van der Waals surface area (Å²) in [6.07, 6.45) is 7.74. The van der Waals surface area contributed by atoms with Gasteiger partial charge in [-0.2, -0.15) is 0 Å². The van der Waals surface area contributed by atoms with Crippen LogP contribution in [0, 0.1) is 11.3 Å². The van der Waals surface area contributed by atoms with Crippen LogP contribution in [0.5, 0.6) is 0 Å². The molecule has 5 rings (SSSR count). The van der Waals surface area contributed by atoms with Gasteiger partial charge in [0.25, 0.3) is 0 Å². The Morgan fingerprint density at radius 3 is 2.60 bits per heavy atom. The van der Waals surface area contributed by atoms with Crippen LogP contribution in [-0.2, 0) is 27.2 Å². The van der Waals surface area contributed by atoms with Gasteiger partial charge in [0, 0.05) is 50.1 Å². The van der Waals surface area contributed by atoms with Crippen molar-refractivity contribution in [2.45, 2.75) is 76.4 Å². The molecule has 3 fully saturated rings. The standard InChI is InChI=1S/C30H40N6O3S/c1-21(31)34-14-11-23(12-15-34)17-24(18-27-32-13-16-40-27)33-30(39)26-9-8-25-19-35(20-29(38)36(25)26)28(37)10-7-22-5-3-2-4-6-22/h2-6,13,16,23-26,31H,7-12,14-15,17-20H2,1H3,(H,33,39)/t24?,25-,26?/m0/s1. The molecular formula is C30H40N6O3S. The smallest absolute Gasteiger partial charge is 0.243 e. The van der Waals surface area contributed by atoms with E-state index < -0.39 is 6.04 Å². The maximum Gasteiger partial charge on any atom is 0.243 e. The Hall–Kier alpha value is -3.27. The van der Waals surface area contributed by atoms with Gasteiger partial charge in [0.2, 0.25) is 17.7 Å². The number of amidine groups is 1. The molecule has 2 aromatic rings. The van der Waals surface area contributed by atoms with Crippen LogP contribution in [0.3, 0.4) is 0 Å². The Kier molecular flexibility index (Phi) is 9.14. The van der Waals surface area contributed by atoms with Crippen molar-refractivity contribution in [2.75, 3.05) is 26.2 Å². The number of nitrogens with one attached hydrogen (secondary N) is 2. The summed E-state index contributed by atoms with van der Waals surface area (Å²) in [5, 5.41) is 14.2. The molecule has 40 heavy (non-hydrogen) atoms.